The highest BCUT2D eigenvalue weighted by Gasteiger charge is 2.24. The summed E-state index contributed by atoms with van der Waals surface area (Å²) in [7, 11) is 0. The van der Waals surface area contributed by atoms with Crippen LogP contribution in [0.5, 0.6) is 0 Å². The summed E-state index contributed by atoms with van der Waals surface area (Å²) in [6.45, 7) is 0. The fraction of sp³-hybridized carbons (Fsp3) is 0.273. The Balaban J connectivity index is 2.16. The molecule has 0 atom stereocenters. The summed E-state index contributed by atoms with van der Waals surface area (Å²) in [5, 5.41) is 7.63. The standard InChI is InChI=1S/C11H10N4S/c1-2-8-13-11(15-14-8)9-6-4-3-5-7(6)16-10(9)12/h1H,3-5,12H2,(H,13,14,15). The largest absolute Gasteiger partial charge is 0.390 e. The smallest absolute Gasteiger partial charge is 0.201 e. The van der Waals surface area contributed by atoms with E-state index in [2.05, 4.69) is 21.1 Å². The summed E-state index contributed by atoms with van der Waals surface area (Å²) in [6.07, 6.45) is 8.64. The lowest BCUT2D eigenvalue weighted by atomic mass is 10.1. The predicted molar refractivity (Wildman–Crippen MR) is 64.1 cm³/mol. The van der Waals surface area contributed by atoms with Gasteiger partial charge < -0.3 is 5.73 Å². The number of aryl methyl sites for hydroxylation is 1. The summed E-state index contributed by atoms with van der Waals surface area (Å²) in [5.41, 5.74) is 8.30. The number of nitrogens with zero attached hydrogens (tertiary/aromatic N) is 2. The van der Waals surface area contributed by atoms with Gasteiger partial charge in [0.15, 0.2) is 5.82 Å². The lowest BCUT2D eigenvalue weighted by Crippen LogP contribution is -1.90. The van der Waals surface area contributed by atoms with E-state index in [1.165, 1.54) is 16.9 Å². The second-order valence-electron chi connectivity index (χ2n) is 3.75. The van der Waals surface area contributed by atoms with Crippen LogP contribution >= 0.6 is 11.3 Å². The van der Waals surface area contributed by atoms with Crippen molar-refractivity contribution in [3.05, 3.63) is 16.3 Å². The van der Waals surface area contributed by atoms with Crippen molar-refractivity contribution in [2.24, 2.45) is 0 Å². The van der Waals surface area contributed by atoms with E-state index in [9.17, 15) is 0 Å². The molecule has 5 heteroatoms. The van der Waals surface area contributed by atoms with Gasteiger partial charge in [-0.1, -0.05) is 0 Å². The molecule has 0 unspecified atom stereocenters. The predicted octanol–water partition coefficient (Wildman–Crippen LogP) is 1.59. The van der Waals surface area contributed by atoms with E-state index in [1.807, 2.05) is 0 Å². The number of nitrogen functional groups attached to an aromatic ring is 1. The molecule has 16 heavy (non-hydrogen) atoms. The number of aromatic amines is 1. The molecule has 0 radical (unpaired) electrons. The van der Waals surface area contributed by atoms with Crippen LogP contribution in [0.15, 0.2) is 0 Å². The van der Waals surface area contributed by atoms with Crippen molar-refractivity contribution in [3.63, 3.8) is 0 Å². The molecular formula is C11H10N4S. The maximum Gasteiger partial charge on any atom is 0.201 e. The first-order valence-corrected chi connectivity index (χ1v) is 5.90. The Labute approximate surface area is 96.9 Å². The first-order chi connectivity index (χ1) is 7.79. The van der Waals surface area contributed by atoms with Crippen LogP contribution < -0.4 is 5.73 Å². The summed E-state index contributed by atoms with van der Waals surface area (Å²) in [4.78, 5) is 5.61. The van der Waals surface area contributed by atoms with Gasteiger partial charge >= 0.3 is 0 Å². The molecular weight excluding hydrogens is 220 g/mol. The molecule has 80 valence electrons. The third-order valence-electron chi connectivity index (χ3n) is 2.79. The van der Waals surface area contributed by atoms with E-state index in [0.717, 1.165) is 23.4 Å². The van der Waals surface area contributed by atoms with E-state index in [1.54, 1.807) is 11.3 Å². The van der Waals surface area contributed by atoms with Crippen LogP contribution in [0.4, 0.5) is 5.00 Å². The first-order valence-electron chi connectivity index (χ1n) is 5.09. The van der Waals surface area contributed by atoms with Crippen molar-refractivity contribution in [2.75, 3.05) is 5.73 Å². The zero-order chi connectivity index (χ0) is 11.1. The van der Waals surface area contributed by atoms with E-state index >= 15 is 0 Å². The molecule has 0 bridgehead atoms. The Kier molecular flexibility index (Phi) is 1.98. The van der Waals surface area contributed by atoms with Gasteiger partial charge in [-0.3, -0.25) is 5.10 Å². The number of aromatic nitrogens is 3. The highest BCUT2D eigenvalue weighted by Crippen LogP contribution is 2.41. The number of terminal acetylenes is 1. The summed E-state index contributed by atoms with van der Waals surface area (Å²) >= 11 is 1.65. The van der Waals surface area contributed by atoms with Crippen LogP contribution in [-0.4, -0.2) is 15.2 Å². The minimum absolute atomic E-state index is 0.451. The molecule has 1 aliphatic rings. The average Bonchev–Trinajstić information content (AvgIpc) is 2.92. The Morgan fingerprint density at radius 1 is 1.44 bits per heavy atom. The molecule has 0 amide bonds. The van der Waals surface area contributed by atoms with Crippen molar-refractivity contribution in [3.8, 4) is 23.7 Å². The van der Waals surface area contributed by atoms with Gasteiger partial charge in [0.05, 0.1) is 10.6 Å². The van der Waals surface area contributed by atoms with Crippen LogP contribution in [0.25, 0.3) is 11.4 Å². The lowest BCUT2D eigenvalue weighted by molar-refractivity contribution is 0.914. The molecule has 0 spiro atoms. The summed E-state index contributed by atoms with van der Waals surface area (Å²) < 4.78 is 0. The third kappa shape index (κ3) is 1.24. The second-order valence-corrected chi connectivity index (χ2v) is 4.89. The van der Waals surface area contributed by atoms with Gasteiger partial charge in [0.1, 0.15) is 0 Å². The maximum atomic E-state index is 6.01. The number of hydrogen-bond acceptors (Lipinski definition) is 4. The van der Waals surface area contributed by atoms with E-state index < -0.39 is 0 Å². The molecule has 2 aromatic rings. The Morgan fingerprint density at radius 2 is 2.31 bits per heavy atom. The van der Waals surface area contributed by atoms with Gasteiger partial charge in [0, 0.05) is 4.88 Å². The number of thiophene rings is 1. The molecule has 3 N–H and O–H groups in total. The number of hydrogen-bond donors (Lipinski definition) is 2. The van der Waals surface area contributed by atoms with Gasteiger partial charge in [0.2, 0.25) is 5.82 Å². The van der Waals surface area contributed by atoms with E-state index in [0.29, 0.717) is 11.6 Å². The molecule has 3 rings (SSSR count). The summed E-state index contributed by atoms with van der Waals surface area (Å²) in [5.74, 6) is 3.51. The minimum atomic E-state index is 0.451. The highest BCUT2D eigenvalue weighted by atomic mass is 32.1. The van der Waals surface area contributed by atoms with Crippen LogP contribution in [-0.2, 0) is 12.8 Å². The van der Waals surface area contributed by atoms with Gasteiger partial charge in [-0.15, -0.1) is 17.8 Å². The number of nitrogens with one attached hydrogen (secondary N) is 1. The quantitative estimate of drug-likeness (QED) is 0.731. The number of nitrogens with two attached hydrogens (primary N) is 1. The van der Waals surface area contributed by atoms with Crippen molar-refractivity contribution < 1.29 is 0 Å². The normalized spacial score (nSPS) is 13.7. The average molecular weight is 230 g/mol. The SMILES string of the molecule is C#Cc1nc(-c2c(N)sc3c2CCC3)n[nH]1. The van der Waals surface area contributed by atoms with Crippen molar-refractivity contribution in [2.45, 2.75) is 19.3 Å². The monoisotopic (exact) mass is 230 g/mol. The Hall–Kier alpha value is -1.80. The fourth-order valence-electron chi connectivity index (χ4n) is 2.11. The number of fused-ring (bicyclic) bond motifs is 1. The Bertz CT molecular complexity index is 588. The molecule has 2 heterocycles. The van der Waals surface area contributed by atoms with Gasteiger partial charge in [-0.2, -0.15) is 10.1 Å². The van der Waals surface area contributed by atoms with Crippen LogP contribution in [0.3, 0.4) is 0 Å². The minimum Gasteiger partial charge on any atom is -0.390 e. The molecule has 0 aromatic carbocycles. The zero-order valence-corrected chi connectivity index (χ0v) is 9.40. The maximum absolute atomic E-state index is 6.01. The van der Waals surface area contributed by atoms with Crippen LogP contribution in [0.2, 0.25) is 0 Å². The number of rotatable bonds is 1. The van der Waals surface area contributed by atoms with Crippen LogP contribution in [0.1, 0.15) is 22.7 Å². The molecule has 1 aliphatic carbocycles. The molecule has 4 nitrogen and oxygen atoms in total. The highest BCUT2D eigenvalue weighted by molar-refractivity contribution is 7.16. The van der Waals surface area contributed by atoms with Gasteiger partial charge in [0.25, 0.3) is 0 Å². The van der Waals surface area contributed by atoms with Crippen molar-refractivity contribution >= 4 is 16.3 Å². The Morgan fingerprint density at radius 3 is 3.06 bits per heavy atom. The molecule has 2 aromatic heterocycles. The topological polar surface area (TPSA) is 67.6 Å². The van der Waals surface area contributed by atoms with E-state index in [-0.39, 0.29) is 0 Å². The van der Waals surface area contributed by atoms with Gasteiger partial charge in [-0.25, -0.2) is 0 Å². The van der Waals surface area contributed by atoms with Gasteiger partial charge in [-0.05, 0) is 30.7 Å². The summed E-state index contributed by atoms with van der Waals surface area (Å²) in [6, 6.07) is 0. The molecule has 0 fully saturated rings. The number of anilines is 1. The van der Waals surface area contributed by atoms with Crippen molar-refractivity contribution in [1.82, 2.24) is 15.2 Å². The first kappa shape index (κ1) is 9.43. The van der Waals surface area contributed by atoms with E-state index in [4.69, 9.17) is 12.2 Å². The molecule has 0 saturated heterocycles. The lowest BCUT2D eigenvalue weighted by Gasteiger charge is -1.96. The number of H-pyrrole nitrogens is 1. The third-order valence-corrected chi connectivity index (χ3v) is 3.92. The molecule has 0 aliphatic heterocycles. The molecule has 0 saturated carbocycles. The van der Waals surface area contributed by atoms with Crippen LogP contribution in [0, 0.1) is 12.3 Å². The zero-order valence-electron chi connectivity index (χ0n) is 8.58. The second kappa shape index (κ2) is 3.35. The fourth-order valence-corrected chi connectivity index (χ4v) is 3.26. The van der Waals surface area contributed by atoms with Crippen molar-refractivity contribution in [1.29, 1.82) is 0 Å².